The third kappa shape index (κ3) is 5.18. The Hall–Kier alpha value is -2.78. The van der Waals surface area contributed by atoms with Gasteiger partial charge in [-0.25, -0.2) is 15.0 Å². The van der Waals surface area contributed by atoms with Gasteiger partial charge in [0.05, 0.1) is 13.2 Å². The molecule has 2 aromatic heterocycles. The number of hydrogen-bond donors (Lipinski definition) is 1. The lowest BCUT2D eigenvalue weighted by Gasteiger charge is -2.35. The lowest BCUT2D eigenvalue weighted by Crippen LogP contribution is -2.49. The fourth-order valence-corrected chi connectivity index (χ4v) is 3.58. The first-order valence-corrected chi connectivity index (χ1v) is 10.1. The van der Waals surface area contributed by atoms with E-state index in [2.05, 4.69) is 30.1 Å². The van der Waals surface area contributed by atoms with E-state index in [1.807, 2.05) is 23.1 Å². The van der Waals surface area contributed by atoms with Crippen molar-refractivity contribution in [2.75, 3.05) is 75.8 Å². The van der Waals surface area contributed by atoms with Crippen molar-refractivity contribution in [1.82, 2.24) is 24.8 Å². The van der Waals surface area contributed by atoms with Crippen molar-refractivity contribution in [3.8, 4) is 0 Å². The quantitative estimate of drug-likeness (QED) is 0.758. The van der Waals surface area contributed by atoms with Crippen molar-refractivity contribution >= 4 is 17.5 Å². The van der Waals surface area contributed by atoms with Crippen molar-refractivity contribution in [3.05, 3.63) is 42.5 Å². The zero-order valence-corrected chi connectivity index (χ0v) is 16.5. The minimum Gasteiger partial charge on any atom is -0.379 e. The molecule has 0 spiro atoms. The maximum absolute atomic E-state index is 12.9. The summed E-state index contributed by atoms with van der Waals surface area (Å²) < 4.78 is 5.36. The zero-order valence-electron chi connectivity index (χ0n) is 16.5. The smallest absolute Gasteiger partial charge is 0.272 e. The number of ether oxygens (including phenoxy) is 1. The highest BCUT2D eigenvalue weighted by Gasteiger charge is 2.24. The van der Waals surface area contributed by atoms with E-state index in [0.717, 1.165) is 58.3 Å². The van der Waals surface area contributed by atoms with Crippen LogP contribution < -0.4 is 10.2 Å². The standard InChI is InChI=1S/C20H27N7O2/c28-20(27-9-7-26(8-10-27)19-3-1-2-4-22-19)17-15-18(24-16-23-17)21-5-6-25-11-13-29-14-12-25/h1-4,15-16H,5-14H2,(H,21,23,24). The fourth-order valence-electron chi connectivity index (χ4n) is 3.58. The van der Waals surface area contributed by atoms with Crippen molar-refractivity contribution in [1.29, 1.82) is 0 Å². The Morgan fingerprint density at radius 2 is 1.86 bits per heavy atom. The molecule has 2 aliphatic rings. The topological polar surface area (TPSA) is 86.7 Å². The third-order valence-electron chi connectivity index (χ3n) is 5.26. The van der Waals surface area contributed by atoms with Crippen LogP contribution in [0.15, 0.2) is 36.8 Å². The molecule has 4 rings (SSSR count). The molecule has 2 aliphatic heterocycles. The van der Waals surface area contributed by atoms with Gasteiger partial charge in [-0.3, -0.25) is 9.69 Å². The van der Waals surface area contributed by atoms with Crippen molar-refractivity contribution in [2.24, 2.45) is 0 Å². The Labute approximate surface area is 170 Å². The minimum absolute atomic E-state index is 0.0516. The summed E-state index contributed by atoms with van der Waals surface area (Å²) in [6, 6.07) is 7.63. The van der Waals surface area contributed by atoms with E-state index >= 15 is 0 Å². The Morgan fingerprint density at radius 1 is 1.03 bits per heavy atom. The molecule has 0 bridgehead atoms. The Balaban J connectivity index is 1.28. The van der Waals surface area contributed by atoms with Gasteiger partial charge in [-0.15, -0.1) is 0 Å². The van der Waals surface area contributed by atoms with Crippen LogP contribution in [0.5, 0.6) is 0 Å². The number of carbonyl (C=O) groups excluding carboxylic acids is 1. The number of amides is 1. The number of pyridine rings is 1. The van der Waals surface area contributed by atoms with Crippen LogP contribution in [0.3, 0.4) is 0 Å². The summed E-state index contributed by atoms with van der Waals surface area (Å²) in [4.78, 5) is 32.1. The first kappa shape index (κ1) is 19.5. The number of morpholine rings is 1. The summed E-state index contributed by atoms with van der Waals surface area (Å²) in [5.74, 6) is 1.58. The van der Waals surface area contributed by atoms with E-state index in [0.29, 0.717) is 24.6 Å². The van der Waals surface area contributed by atoms with Gasteiger partial charge in [-0.2, -0.15) is 0 Å². The van der Waals surface area contributed by atoms with Gasteiger partial charge in [0, 0.05) is 64.6 Å². The van der Waals surface area contributed by atoms with Crippen LogP contribution in [0.2, 0.25) is 0 Å². The molecule has 9 nitrogen and oxygen atoms in total. The van der Waals surface area contributed by atoms with Crippen LogP contribution in [-0.2, 0) is 4.74 Å². The molecule has 1 amide bonds. The number of piperazine rings is 1. The number of aromatic nitrogens is 3. The molecule has 0 unspecified atom stereocenters. The van der Waals surface area contributed by atoms with E-state index in [-0.39, 0.29) is 5.91 Å². The Bertz CT molecular complexity index is 790. The van der Waals surface area contributed by atoms with E-state index in [4.69, 9.17) is 4.74 Å². The van der Waals surface area contributed by atoms with Gasteiger partial charge in [-0.1, -0.05) is 6.07 Å². The van der Waals surface area contributed by atoms with Crippen molar-refractivity contribution in [3.63, 3.8) is 0 Å². The van der Waals surface area contributed by atoms with Crippen molar-refractivity contribution < 1.29 is 9.53 Å². The fraction of sp³-hybridized carbons (Fsp3) is 0.500. The van der Waals surface area contributed by atoms with Gasteiger partial charge < -0.3 is 19.9 Å². The zero-order chi connectivity index (χ0) is 19.9. The number of nitrogens with zero attached hydrogens (tertiary/aromatic N) is 6. The lowest BCUT2D eigenvalue weighted by atomic mass is 10.2. The molecule has 0 atom stereocenters. The van der Waals surface area contributed by atoms with Gasteiger partial charge in [0.25, 0.3) is 5.91 Å². The summed E-state index contributed by atoms with van der Waals surface area (Å²) in [5, 5.41) is 3.30. The highest BCUT2D eigenvalue weighted by molar-refractivity contribution is 5.93. The van der Waals surface area contributed by atoms with Crippen LogP contribution >= 0.6 is 0 Å². The first-order chi connectivity index (χ1) is 14.3. The molecular formula is C20H27N7O2. The molecule has 2 saturated heterocycles. The monoisotopic (exact) mass is 397 g/mol. The third-order valence-corrected chi connectivity index (χ3v) is 5.26. The Morgan fingerprint density at radius 3 is 2.62 bits per heavy atom. The van der Waals surface area contributed by atoms with E-state index in [1.165, 1.54) is 6.33 Å². The number of anilines is 2. The summed E-state index contributed by atoms with van der Waals surface area (Å²) in [5.41, 5.74) is 0.431. The maximum Gasteiger partial charge on any atom is 0.272 e. The van der Waals surface area contributed by atoms with Crippen LogP contribution in [0.1, 0.15) is 10.5 Å². The molecule has 154 valence electrons. The Kier molecular flexibility index (Phi) is 6.48. The van der Waals surface area contributed by atoms with Gasteiger partial charge in [-0.05, 0) is 12.1 Å². The minimum atomic E-state index is -0.0516. The highest BCUT2D eigenvalue weighted by Crippen LogP contribution is 2.14. The van der Waals surface area contributed by atoms with Gasteiger partial charge >= 0.3 is 0 Å². The summed E-state index contributed by atoms with van der Waals surface area (Å²) in [7, 11) is 0. The van der Waals surface area contributed by atoms with Gasteiger partial charge in [0.15, 0.2) is 0 Å². The SMILES string of the molecule is O=C(c1cc(NCCN2CCOCC2)ncn1)N1CCN(c2ccccn2)CC1. The first-order valence-electron chi connectivity index (χ1n) is 10.1. The second-order valence-electron chi connectivity index (χ2n) is 7.14. The second kappa shape index (κ2) is 9.62. The van der Waals surface area contributed by atoms with Gasteiger partial charge in [0.2, 0.25) is 0 Å². The number of rotatable bonds is 6. The van der Waals surface area contributed by atoms with E-state index in [1.54, 1.807) is 12.3 Å². The normalized spacial score (nSPS) is 17.9. The van der Waals surface area contributed by atoms with Crippen molar-refractivity contribution in [2.45, 2.75) is 0 Å². The molecule has 0 aromatic carbocycles. The predicted molar refractivity (Wildman–Crippen MR) is 110 cm³/mol. The summed E-state index contributed by atoms with van der Waals surface area (Å²) >= 11 is 0. The molecule has 4 heterocycles. The maximum atomic E-state index is 12.9. The molecule has 2 aromatic rings. The average Bonchev–Trinajstić information content (AvgIpc) is 2.80. The summed E-state index contributed by atoms with van der Waals surface area (Å²) in [6.07, 6.45) is 3.25. The van der Waals surface area contributed by atoms with E-state index in [9.17, 15) is 4.79 Å². The van der Waals surface area contributed by atoms with Crippen LogP contribution in [0, 0.1) is 0 Å². The van der Waals surface area contributed by atoms with Crippen LogP contribution in [-0.4, -0.2) is 96.2 Å². The molecule has 2 fully saturated rings. The largest absolute Gasteiger partial charge is 0.379 e. The highest BCUT2D eigenvalue weighted by atomic mass is 16.5. The number of hydrogen-bond acceptors (Lipinski definition) is 8. The van der Waals surface area contributed by atoms with Crippen LogP contribution in [0.25, 0.3) is 0 Å². The number of nitrogens with one attached hydrogen (secondary N) is 1. The summed E-state index contributed by atoms with van der Waals surface area (Å²) in [6.45, 7) is 8.02. The van der Waals surface area contributed by atoms with Gasteiger partial charge in [0.1, 0.15) is 23.7 Å². The molecular weight excluding hydrogens is 370 g/mol. The second-order valence-corrected chi connectivity index (χ2v) is 7.14. The lowest BCUT2D eigenvalue weighted by molar-refractivity contribution is 0.0398. The number of carbonyl (C=O) groups is 1. The van der Waals surface area contributed by atoms with E-state index < -0.39 is 0 Å². The molecule has 0 aliphatic carbocycles. The molecule has 29 heavy (non-hydrogen) atoms. The average molecular weight is 397 g/mol. The molecule has 9 heteroatoms. The predicted octanol–water partition coefficient (Wildman–Crippen LogP) is 0.578. The molecule has 0 saturated carbocycles. The van der Waals surface area contributed by atoms with Crippen LogP contribution in [0.4, 0.5) is 11.6 Å². The molecule has 0 radical (unpaired) electrons. The molecule has 1 N–H and O–H groups in total.